The van der Waals surface area contributed by atoms with Gasteiger partial charge in [-0.25, -0.2) is 0 Å². The van der Waals surface area contributed by atoms with E-state index < -0.39 is 0 Å². The minimum absolute atomic E-state index is 0.173. The summed E-state index contributed by atoms with van der Waals surface area (Å²) in [5.41, 5.74) is 5.89. The molecule has 0 atom stereocenters. The van der Waals surface area contributed by atoms with E-state index in [4.69, 9.17) is 0 Å². The topological polar surface area (TPSA) is 12.0 Å². The second kappa shape index (κ2) is 4.36. The Morgan fingerprint density at radius 3 is 2.20 bits per heavy atom. The molecule has 1 aromatic carbocycles. The third kappa shape index (κ3) is 2.82. The Hall–Kier alpha value is -0.820. The lowest BCUT2D eigenvalue weighted by Crippen LogP contribution is -2.38. The SMILES string of the molecule is CNC(C)(C)Cc1ccc(C)c(C)c1C. The van der Waals surface area contributed by atoms with E-state index in [1.807, 2.05) is 7.05 Å². The van der Waals surface area contributed by atoms with E-state index in [0.29, 0.717) is 0 Å². The Morgan fingerprint density at radius 1 is 1.07 bits per heavy atom. The van der Waals surface area contributed by atoms with Gasteiger partial charge < -0.3 is 5.32 Å². The van der Waals surface area contributed by atoms with Crippen LogP contribution in [0, 0.1) is 20.8 Å². The zero-order valence-corrected chi connectivity index (χ0v) is 10.9. The predicted molar refractivity (Wildman–Crippen MR) is 67.5 cm³/mol. The summed E-state index contributed by atoms with van der Waals surface area (Å²) in [5, 5.41) is 3.35. The van der Waals surface area contributed by atoms with Gasteiger partial charge in [0.1, 0.15) is 0 Å². The highest BCUT2D eigenvalue weighted by atomic mass is 14.9. The molecular weight excluding hydrogens is 182 g/mol. The van der Waals surface area contributed by atoms with Gasteiger partial charge in [0.05, 0.1) is 0 Å². The summed E-state index contributed by atoms with van der Waals surface area (Å²) < 4.78 is 0. The second-order valence-corrected chi connectivity index (χ2v) is 5.10. The molecule has 0 amide bonds. The first-order valence-corrected chi connectivity index (χ1v) is 5.62. The summed E-state index contributed by atoms with van der Waals surface area (Å²) in [5.74, 6) is 0. The van der Waals surface area contributed by atoms with E-state index in [-0.39, 0.29) is 5.54 Å². The average Bonchev–Trinajstić information content (AvgIpc) is 2.19. The Balaban J connectivity index is 3.02. The van der Waals surface area contributed by atoms with Gasteiger partial charge in [0.25, 0.3) is 0 Å². The van der Waals surface area contributed by atoms with Crippen molar-refractivity contribution in [3.63, 3.8) is 0 Å². The first kappa shape index (κ1) is 12.3. The number of nitrogens with one attached hydrogen (secondary N) is 1. The van der Waals surface area contributed by atoms with Crippen molar-refractivity contribution in [2.75, 3.05) is 7.05 Å². The van der Waals surface area contributed by atoms with Gasteiger partial charge in [-0.3, -0.25) is 0 Å². The van der Waals surface area contributed by atoms with Crippen LogP contribution in [0.15, 0.2) is 12.1 Å². The summed E-state index contributed by atoms with van der Waals surface area (Å²) in [7, 11) is 2.02. The Labute approximate surface area is 93.9 Å². The Bertz CT molecular complexity index is 351. The smallest absolute Gasteiger partial charge is 0.0162 e. The molecule has 0 unspecified atom stereocenters. The first-order valence-electron chi connectivity index (χ1n) is 5.62. The largest absolute Gasteiger partial charge is 0.314 e. The van der Waals surface area contributed by atoms with Crippen molar-refractivity contribution in [3.05, 3.63) is 34.4 Å². The molecule has 0 aliphatic carbocycles. The van der Waals surface area contributed by atoms with Crippen LogP contribution < -0.4 is 5.32 Å². The van der Waals surface area contributed by atoms with Gasteiger partial charge in [0.2, 0.25) is 0 Å². The maximum atomic E-state index is 3.35. The maximum absolute atomic E-state index is 3.35. The molecule has 0 bridgehead atoms. The number of aryl methyl sites for hydroxylation is 1. The highest BCUT2D eigenvalue weighted by molar-refractivity contribution is 5.39. The van der Waals surface area contributed by atoms with Crippen LogP contribution in [0.5, 0.6) is 0 Å². The Kier molecular flexibility index (Phi) is 3.56. The monoisotopic (exact) mass is 205 g/mol. The molecular formula is C14H23N. The molecule has 0 heterocycles. The molecule has 0 aliphatic rings. The summed E-state index contributed by atoms with van der Waals surface area (Å²) in [6.45, 7) is 11.1. The van der Waals surface area contributed by atoms with Crippen LogP contribution in [0.2, 0.25) is 0 Å². The molecule has 1 nitrogen and oxygen atoms in total. The van der Waals surface area contributed by atoms with Crippen LogP contribution in [-0.4, -0.2) is 12.6 Å². The molecule has 0 radical (unpaired) electrons. The molecule has 0 aromatic heterocycles. The lowest BCUT2D eigenvalue weighted by atomic mass is 9.89. The van der Waals surface area contributed by atoms with Gasteiger partial charge in [-0.1, -0.05) is 12.1 Å². The van der Waals surface area contributed by atoms with Crippen molar-refractivity contribution < 1.29 is 0 Å². The maximum Gasteiger partial charge on any atom is 0.0162 e. The van der Waals surface area contributed by atoms with Crippen molar-refractivity contribution in [1.82, 2.24) is 5.32 Å². The van der Waals surface area contributed by atoms with Crippen LogP contribution >= 0.6 is 0 Å². The van der Waals surface area contributed by atoms with Crippen molar-refractivity contribution >= 4 is 0 Å². The van der Waals surface area contributed by atoms with Crippen molar-refractivity contribution in [1.29, 1.82) is 0 Å². The van der Waals surface area contributed by atoms with Crippen LogP contribution in [0.4, 0.5) is 0 Å². The summed E-state index contributed by atoms with van der Waals surface area (Å²) in [6.07, 6.45) is 1.08. The van der Waals surface area contributed by atoms with Gasteiger partial charge in [-0.05, 0) is 70.3 Å². The molecule has 1 rings (SSSR count). The van der Waals surface area contributed by atoms with Gasteiger partial charge in [0.15, 0.2) is 0 Å². The van der Waals surface area contributed by atoms with E-state index in [0.717, 1.165) is 6.42 Å². The quantitative estimate of drug-likeness (QED) is 0.799. The lowest BCUT2D eigenvalue weighted by molar-refractivity contribution is 0.421. The van der Waals surface area contributed by atoms with E-state index in [2.05, 4.69) is 52.1 Å². The number of benzene rings is 1. The third-order valence-corrected chi connectivity index (χ3v) is 3.48. The molecule has 1 N–H and O–H groups in total. The minimum Gasteiger partial charge on any atom is -0.314 e. The van der Waals surface area contributed by atoms with Crippen LogP contribution in [0.1, 0.15) is 36.1 Å². The lowest BCUT2D eigenvalue weighted by Gasteiger charge is -2.25. The predicted octanol–water partition coefficient (Wildman–Crippen LogP) is 3.15. The van der Waals surface area contributed by atoms with Gasteiger partial charge in [0, 0.05) is 5.54 Å². The summed E-state index contributed by atoms with van der Waals surface area (Å²) in [4.78, 5) is 0. The van der Waals surface area contributed by atoms with Gasteiger partial charge in [-0.15, -0.1) is 0 Å². The van der Waals surface area contributed by atoms with E-state index in [1.54, 1.807) is 0 Å². The Morgan fingerprint density at radius 2 is 1.67 bits per heavy atom. The van der Waals surface area contributed by atoms with Crippen molar-refractivity contribution in [2.45, 2.75) is 46.6 Å². The standard InChI is InChI=1S/C14H23N/c1-10-7-8-13(12(3)11(10)2)9-14(4,5)15-6/h7-8,15H,9H2,1-6H3. The van der Waals surface area contributed by atoms with Gasteiger partial charge >= 0.3 is 0 Å². The molecule has 15 heavy (non-hydrogen) atoms. The second-order valence-electron chi connectivity index (χ2n) is 5.10. The fourth-order valence-corrected chi connectivity index (χ4v) is 1.77. The summed E-state index contributed by atoms with van der Waals surface area (Å²) in [6, 6.07) is 4.49. The molecule has 84 valence electrons. The van der Waals surface area contributed by atoms with Gasteiger partial charge in [-0.2, -0.15) is 0 Å². The fourth-order valence-electron chi connectivity index (χ4n) is 1.77. The molecule has 1 aromatic rings. The van der Waals surface area contributed by atoms with E-state index in [1.165, 1.54) is 22.3 Å². The highest BCUT2D eigenvalue weighted by Gasteiger charge is 2.17. The third-order valence-electron chi connectivity index (χ3n) is 3.48. The fraction of sp³-hybridized carbons (Fsp3) is 0.571. The normalized spacial score (nSPS) is 11.9. The molecule has 0 fully saturated rings. The highest BCUT2D eigenvalue weighted by Crippen LogP contribution is 2.21. The molecule has 0 aliphatic heterocycles. The molecule has 0 saturated heterocycles. The zero-order chi connectivity index (χ0) is 11.6. The van der Waals surface area contributed by atoms with Crippen molar-refractivity contribution in [3.8, 4) is 0 Å². The number of rotatable bonds is 3. The summed E-state index contributed by atoms with van der Waals surface area (Å²) >= 11 is 0. The first-order chi connectivity index (χ1) is 6.87. The van der Waals surface area contributed by atoms with Crippen LogP contribution in [-0.2, 0) is 6.42 Å². The van der Waals surface area contributed by atoms with E-state index >= 15 is 0 Å². The molecule has 1 heteroatoms. The van der Waals surface area contributed by atoms with Crippen LogP contribution in [0.3, 0.4) is 0 Å². The molecule has 0 saturated carbocycles. The zero-order valence-electron chi connectivity index (χ0n) is 10.9. The van der Waals surface area contributed by atoms with Crippen LogP contribution in [0.25, 0.3) is 0 Å². The minimum atomic E-state index is 0.173. The molecule has 0 spiro atoms. The van der Waals surface area contributed by atoms with Crippen molar-refractivity contribution in [2.24, 2.45) is 0 Å². The number of hydrogen-bond acceptors (Lipinski definition) is 1. The number of likely N-dealkylation sites (N-methyl/N-ethyl adjacent to an activating group) is 1. The number of hydrogen-bond donors (Lipinski definition) is 1. The van der Waals surface area contributed by atoms with E-state index in [9.17, 15) is 0 Å². The average molecular weight is 205 g/mol.